The molecular weight excluding hydrogens is 214 g/mol. The van der Waals surface area contributed by atoms with Crippen molar-refractivity contribution < 1.29 is 9.15 Å². The molecule has 2 unspecified atom stereocenters. The average molecular weight is 231 g/mol. The van der Waals surface area contributed by atoms with Crippen molar-refractivity contribution in [3.8, 4) is 0 Å². The maximum absolute atomic E-state index is 5.85. The van der Waals surface area contributed by atoms with Gasteiger partial charge in [-0.3, -0.25) is 0 Å². The molecule has 1 aromatic carbocycles. The molecular formula is C14H17NO2. The second kappa shape index (κ2) is 4.17. The van der Waals surface area contributed by atoms with Crippen LogP contribution in [0, 0.1) is 12.8 Å². The molecule has 0 saturated carbocycles. The summed E-state index contributed by atoms with van der Waals surface area (Å²) >= 11 is 0. The molecule has 0 aliphatic carbocycles. The molecule has 0 bridgehead atoms. The van der Waals surface area contributed by atoms with Crippen LogP contribution < -0.4 is 5.73 Å². The Hall–Kier alpha value is -1.32. The number of rotatable bonds is 2. The van der Waals surface area contributed by atoms with Gasteiger partial charge < -0.3 is 14.9 Å². The van der Waals surface area contributed by atoms with Crippen LogP contribution in [0.15, 0.2) is 28.7 Å². The summed E-state index contributed by atoms with van der Waals surface area (Å²) in [6, 6.07) is 8.12. The molecule has 2 aromatic rings. The molecule has 90 valence electrons. The van der Waals surface area contributed by atoms with E-state index in [1.807, 2.05) is 25.1 Å². The fraction of sp³-hybridized carbons (Fsp3) is 0.429. The van der Waals surface area contributed by atoms with Gasteiger partial charge in [0.1, 0.15) is 11.3 Å². The Morgan fingerprint density at radius 2 is 2.18 bits per heavy atom. The minimum absolute atomic E-state index is 0.101. The molecule has 0 radical (unpaired) electrons. The predicted molar refractivity (Wildman–Crippen MR) is 66.8 cm³/mol. The maximum Gasteiger partial charge on any atom is 0.134 e. The number of nitrogens with two attached hydrogens (primary N) is 1. The first kappa shape index (κ1) is 10.8. The van der Waals surface area contributed by atoms with Gasteiger partial charge in [0.15, 0.2) is 0 Å². The zero-order valence-corrected chi connectivity index (χ0v) is 9.98. The van der Waals surface area contributed by atoms with Gasteiger partial charge in [-0.05, 0) is 26.0 Å². The van der Waals surface area contributed by atoms with Crippen molar-refractivity contribution in [2.45, 2.75) is 19.4 Å². The van der Waals surface area contributed by atoms with Gasteiger partial charge in [-0.25, -0.2) is 0 Å². The quantitative estimate of drug-likeness (QED) is 0.864. The summed E-state index contributed by atoms with van der Waals surface area (Å²) in [5.41, 5.74) is 7.94. The van der Waals surface area contributed by atoms with Crippen LogP contribution in [0.5, 0.6) is 0 Å². The van der Waals surface area contributed by atoms with E-state index in [1.165, 1.54) is 5.56 Å². The van der Waals surface area contributed by atoms with Crippen molar-refractivity contribution in [3.63, 3.8) is 0 Å². The lowest BCUT2D eigenvalue weighted by atomic mass is 9.93. The van der Waals surface area contributed by atoms with Crippen molar-refractivity contribution in [1.29, 1.82) is 0 Å². The van der Waals surface area contributed by atoms with E-state index >= 15 is 0 Å². The monoisotopic (exact) mass is 231 g/mol. The summed E-state index contributed by atoms with van der Waals surface area (Å²) < 4.78 is 11.6. The molecule has 2 N–H and O–H groups in total. The van der Waals surface area contributed by atoms with Gasteiger partial charge in [-0.15, -0.1) is 0 Å². The van der Waals surface area contributed by atoms with E-state index in [9.17, 15) is 0 Å². The van der Waals surface area contributed by atoms with Crippen molar-refractivity contribution in [1.82, 2.24) is 0 Å². The predicted octanol–water partition coefficient (Wildman–Crippen LogP) is 2.78. The van der Waals surface area contributed by atoms with Crippen LogP contribution in [-0.4, -0.2) is 13.2 Å². The van der Waals surface area contributed by atoms with Crippen molar-refractivity contribution in [2.75, 3.05) is 13.2 Å². The zero-order chi connectivity index (χ0) is 11.8. The fourth-order valence-corrected chi connectivity index (χ4v) is 2.74. The third kappa shape index (κ3) is 1.66. The highest BCUT2D eigenvalue weighted by Crippen LogP contribution is 2.40. The first-order valence-electron chi connectivity index (χ1n) is 6.11. The minimum atomic E-state index is 0.101. The van der Waals surface area contributed by atoms with Crippen molar-refractivity contribution in [2.24, 2.45) is 11.7 Å². The van der Waals surface area contributed by atoms with Crippen molar-refractivity contribution in [3.05, 3.63) is 35.6 Å². The fourth-order valence-electron chi connectivity index (χ4n) is 2.74. The molecule has 1 aliphatic rings. The maximum atomic E-state index is 5.85. The highest BCUT2D eigenvalue weighted by molar-refractivity contribution is 5.82. The number of benzene rings is 1. The van der Waals surface area contributed by atoms with Crippen LogP contribution in [0.4, 0.5) is 0 Å². The molecule has 1 aromatic heterocycles. The lowest BCUT2D eigenvalue weighted by Crippen LogP contribution is -2.18. The largest absolute Gasteiger partial charge is 0.461 e. The second-order valence-corrected chi connectivity index (χ2v) is 4.64. The average Bonchev–Trinajstić information content (AvgIpc) is 2.90. The summed E-state index contributed by atoms with van der Waals surface area (Å²) in [7, 11) is 0. The van der Waals surface area contributed by atoms with Gasteiger partial charge in [0.05, 0.1) is 6.10 Å². The van der Waals surface area contributed by atoms with Crippen molar-refractivity contribution >= 4 is 11.0 Å². The molecule has 3 heteroatoms. The number of hydrogen-bond donors (Lipinski definition) is 1. The van der Waals surface area contributed by atoms with E-state index in [0.29, 0.717) is 12.5 Å². The van der Waals surface area contributed by atoms with Crippen LogP contribution >= 0.6 is 0 Å². The molecule has 1 saturated heterocycles. The van der Waals surface area contributed by atoms with E-state index in [4.69, 9.17) is 14.9 Å². The lowest BCUT2D eigenvalue weighted by molar-refractivity contribution is 0.0922. The normalized spacial score (nSPS) is 24.6. The van der Waals surface area contributed by atoms with Crippen LogP contribution in [0.3, 0.4) is 0 Å². The first-order chi connectivity index (χ1) is 8.31. The molecule has 2 atom stereocenters. The first-order valence-corrected chi connectivity index (χ1v) is 6.11. The van der Waals surface area contributed by atoms with Gasteiger partial charge in [-0.1, -0.05) is 18.2 Å². The Morgan fingerprint density at radius 3 is 3.00 bits per heavy atom. The van der Waals surface area contributed by atoms with E-state index in [0.717, 1.165) is 29.8 Å². The third-order valence-corrected chi connectivity index (χ3v) is 3.62. The van der Waals surface area contributed by atoms with Crippen LogP contribution in [0.25, 0.3) is 11.0 Å². The summed E-state index contributed by atoms with van der Waals surface area (Å²) in [5.74, 6) is 1.37. The summed E-state index contributed by atoms with van der Waals surface area (Å²) in [4.78, 5) is 0. The Balaban J connectivity index is 2.13. The van der Waals surface area contributed by atoms with Crippen LogP contribution in [0.2, 0.25) is 0 Å². The minimum Gasteiger partial charge on any atom is -0.461 e. The molecule has 1 fully saturated rings. The van der Waals surface area contributed by atoms with Gasteiger partial charge in [-0.2, -0.15) is 0 Å². The molecule has 0 amide bonds. The van der Waals surface area contributed by atoms with Crippen LogP contribution in [0.1, 0.15) is 23.8 Å². The van der Waals surface area contributed by atoms with Gasteiger partial charge >= 0.3 is 0 Å². The SMILES string of the molecule is Cc1oc2ccccc2c1C1OCCC1CN. The number of hydrogen-bond acceptors (Lipinski definition) is 3. The topological polar surface area (TPSA) is 48.4 Å². The number of furan rings is 1. The Bertz CT molecular complexity index is 532. The summed E-state index contributed by atoms with van der Waals surface area (Å²) in [6.07, 6.45) is 1.14. The Morgan fingerprint density at radius 1 is 1.35 bits per heavy atom. The Labute approximate surface area is 101 Å². The number of para-hydroxylation sites is 1. The molecule has 3 nitrogen and oxygen atoms in total. The highest BCUT2D eigenvalue weighted by Gasteiger charge is 2.32. The second-order valence-electron chi connectivity index (χ2n) is 4.64. The lowest BCUT2D eigenvalue weighted by Gasteiger charge is -2.16. The van der Waals surface area contributed by atoms with Gasteiger partial charge in [0.25, 0.3) is 0 Å². The summed E-state index contributed by atoms with van der Waals surface area (Å²) in [5, 5.41) is 1.16. The smallest absolute Gasteiger partial charge is 0.134 e. The van der Waals surface area contributed by atoms with E-state index < -0.39 is 0 Å². The highest BCUT2D eigenvalue weighted by atomic mass is 16.5. The number of aryl methyl sites for hydroxylation is 1. The van der Waals surface area contributed by atoms with E-state index in [2.05, 4.69) is 6.07 Å². The summed E-state index contributed by atoms with van der Waals surface area (Å²) in [6.45, 7) is 3.47. The Kier molecular flexibility index (Phi) is 2.65. The molecule has 1 aliphatic heterocycles. The molecule has 2 heterocycles. The van der Waals surface area contributed by atoms with E-state index in [1.54, 1.807) is 0 Å². The number of fused-ring (bicyclic) bond motifs is 1. The van der Waals surface area contributed by atoms with Gasteiger partial charge in [0, 0.05) is 23.5 Å². The molecule has 0 spiro atoms. The molecule has 3 rings (SSSR count). The molecule has 17 heavy (non-hydrogen) atoms. The standard InChI is InChI=1S/C14H17NO2/c1-9-13(14-10(8-15)6-7-16-14)11-4-2-3-5-12(11)17-9/h2-5,10,14H,6-8,15H2,1H3. The zero-order valence-electron chi connectivity index (χ0n) is 9.98. The van der Waals surface area contributed by atoms with E-state index in [-0.39, 0.29) is 6.10 Å². The van der Waals surface area contributed by atoms with Crippen LogP contribution in [-0.2, 0) is 4.74 Å². The third-order valence-electron chi connectivity index (χ3n) is 3.62. The number of ether oxygens (including phenoxy) is 1. The van der Waals surface area contributed by atoms with Gasteiger partial charge in [0.2, 0.25) is 0 Å².